The number of hydrogen-bond acceptors (Lipinski definition) is 3. The lowest BCUT2D eigenvalue weighted by Gasteiger charge is -2.25. The SMILES string of the molecule is O=C(O)CCCN(c1cc(Cl)cc(Cl)c1)S(=O)(=O)c1cc(Cl)ccc1Cl. The Labute approximate surface area is 171 Å². The minimum Gasteiger partial charge on any atom is -0.481 e. The summed E-state index contributed by atoms with van der Waals surface area (Å²) in [7, 11) is -4.13. The summed E-state index contributed by atoms with van der Waals surface area (Å²) in [5.41, 5.74) is 0.198. The number of carboxylic acid groups (broad SMARTS) is 1. The molecule has 0 spiro atoms. The predicted octanol–water partition coefficient (Wildman–Crippen LogP) is 5.36. The third kappa shape index (κ3) is 5.18. The molecule has 1 N–H and O–H groups in total. The lowest BCUT2D eigenvalue weighted by atomic mass is 10.3. The van der Waals surface area contributed by atoms with E-state index < -0.39 is 16.0 Å². The van der Waals surface area contributed by atoms with Gasteiger partial charge in [0.15, 0.2) is 0 Å². The minimum atomic E-state index is -4.13. The Kier molecular flexibility index (Phi) is 7.05. The third-order valence-electron chi connectivity index (χ3n) is 3.35. The second kappa shape index (κ2) is 8.67. The maximum Gasteiger partial charge on any atom is 0.303 e. The number of aliphatic carboxylic acids is 1. The fourth-order valence-corrected chi connectivity index (χ4v) is 4.98. The average Bonchev–Trinajstić information content (AvgIpc) is 2.52. The second-order valence-electron chi connectivity index (χ2n) is 5.28. The van der Waals surface area contributed by atoms with Crippen molar-refractivity contribution in [1.82, 2.24) is 0 Å². The molecule has 140 valence electrons. The van der Waals surface area contributed by atoms with E-state index in [9.17, 15) is 13.2 Å². The van der Waals surface area contributed by atoms with Gasteiger partial charge < -0.3 is 5.11 Å². The summed E-state index contributed by atoms with van der Waals surface area (Å²) in [6.07, 6.45) is -0.125. The molecule has 0 amide bonds. The van der Waals surface area contributed by atoms with Crippen LogP contribution in [0.1, 0.15) is 12.8 Å². The number of benzene rings is 2. The summed E-state index contributed by atoms with van der Waals surface area (Å²) >= 11 is 23.9. The Balaban J connectivity index is 2.54. The molecule has 0 unspecified atom stereocenters. The number of anilines is 1. The first kappa shape index (κ1) is 21.1. The predicted molar refractivity (Wildman–Crippen MR) is 104 cm³/mol. The molecule has 2 aromatic rings. The average molecular weight is 457 g/mol. The normalized spacial score (nSPS) is 11.4. The molecule has 0 radical (unpaired) electrons. The van der Waals surface area contributed by atoms with Crippen molar-refractivity contribution in [3.05, 3.63) is 56.5 Å². The van der Waals surface area contributed by atoms with E-state index in [1.165, 1.54) is 36.4 Å². The van der Waals surface area contributed by atoms with Gasteiger partial charge in [0.25, 0.3) is 10.0 Å². The van der Waals surface area contributed by atoms with Crippen LogP contribution in [0.25, 0.3) is 0 Å². The highest BCUT2D eigenvalue weighted by Crippen LogP contribution is 2.33. The van der Waals surface area contributed by atoms with Crippen molar-refractivity contribution in [3.63, 3.8) is 0 Å². The summed E-state index contributed by atoms with van der Waals surface area (Å²) in [5.74, 6) is -1.03. The number of halogens is 4. The van der Waals surface area contributed by atoms with Gasteiger partial charge in [-0.2, -0.15) is 0 Å². The fourth-order valence-electron chi connectivity index (χ4n) is 2.24. The molecule has 0 saturated heterocycles. The van der Waals surface area contributed by atoms with Crippen LogP contribution in [0.3, 0.4) is 0 Å². The van der Waals surface area contributed by atoms with Gasteiger partial charge in [0.2, 0.25) is 0 Å². The van der Waals surface area contributed by atoms with Crippen molar-refractivity contribution in [3.8, 4) is 0 Å². The van der Waals surface area contributed by atoms with Crippen molar-refractivity contribution in [2.24, 2.45) is 0 Å². The number of nitrogens with zero attached hydrogens (tertiary/aromatic N) is 1. The summed E-state index contributed by atoms with van der Waals surface area (Å²) in [5, 5.41) is 9.50. The molecule has 0 atom stereocenters. The Hall–Kier alpha value is -1.18. The van der Waals surface area contributed by atoms with E-state index in [0.29, 0.717) is 0 Å². The van der Waals surface area contributed by atoms with Crippen molar-refractivity contribution in [1.29, 1.82) is 0 Å². The minimum absolute atomic E-state index is 0.00856. The Morgan fingerprint density at radius 2 is 1.58 bits per heavy atom. The van der Waals surface area contributed by atoms with Crippen molar-refractivity contribution >= 4 is 68.1 Å². The molecule has 0 aliphatic rings. The van der Waals surface area contributed by atoms with Crippen LogP contribution in [0, 0.1) is 0 Å². The highest BCUT2D eigenvalue weighted by molar-refractivity contribution is 7.93. The molecule has 10 heteroatoms. The lowest BCUT2D eigenvalue weighted by molar-refractivity contribution is -0.137. The molecule has 0 heterocycles. The summed E-state index contributed by atoms with van der Waals surface area (Å²) in [4.78, 5) is 10.6. The van der Waals surface area contributed by atoms with Crippen molar-refractivity contribution in [2.75, 3.05) is 10.8 Å². The molecular weight excluding hydrogens is 444 g/mol. The molecule has 5 nitrogen and oxygen atoms in total. The van der Waals surface area contributed by atoms with Crippen molar-refractivity contribution < 1.29 is 18.3 Å². The number of rotatable bonds is 7. The first-order valence-corrected chi connectivity index (χ1v) is 10.2. The van der Waals surface area contributed by atoms with Crippen LogP contribution in [0.15, 0.2) is 41.3 Å². The second-order valence-corrected chi connectivity index (χ2v) is 8.82. The third-order valence-corrected chi connectivity index (χ3v) is 6.33. The lowest BCUT2D eigenvalue weighted by Crippen LogP contribution is -2.32. The Morgan fingerprint density at radius 3 is 2.15 bits per heavy atom. The quantitative estimate of drug-likeness (QED) is 0.608. The first-order valence-electron chi connectivity index (χ1n) is 7.27. The fraction of sp³-hybridized carbons (Fsp3) is 0.188. The van der Waals surface area contributed by atoms with Gasteiger partial charge in [-0.15, -0.1) is 0 Å². The van der Waals surface area contributed by atoms with Crippen molar-refractivity contribution in [2.45, 2.75) is 17.7 Å². The van der Waals surface area contributed by atoms with E-state index in [2.05, 4.69) is 0 Å². The standard InChI is InChI=1S/C16H13Cl4NO4S/c17-10-3-4-14(20)15(9-10)26(24,25)21(5-1-2-16(22)23)13-7-11(18)6-12(19)8-13/h3-4,6-9H,1-2,5H2,(H,22,23). The molecule has 0 aliphatic heterocycles. The molecule has 0 bridgehead atoms. The van der Waals surface area contributed by atoms with E-state index in [1.54, 1.807) is 0 Å². The van der Waals surface area contributed by atoms with Crippen LogP contribution in [0.4, 0.5) is 5.69 Å². The zero-order valence-electron chi connectivity index (χ0n) is 13.1. The van der Waals surface area contributed by atoms with E-state index in [1.807, 2.05) is 0 Å². The molecule has 2 rings (SSSR count). The van der Waals surface area contributed by atoms with Gasteiger partial charge in [-0.05, 0) is 42.8 Å². The number of carbonyl (C=O) groups is 1. The van der Waals surface area contributed by atoms with Gasteiger partial charge >= 0.3 is 5.97 Å². The maximum absolute atomic E-state index is 13.2. The number of carboxylic acids is 1. The van der Waals surface area contributed by atoms with Crippen LogP contribution in [-0.2, 0) is 14.8 Å². The van der Waals surface area contributed by atoms with Crippen LogP contribution >= 0.6 is 46.4 Å². The van der Waals surface area contributed by atoms with E-state index in [4.69, 9.17) is 51.5 Å². The van der Waals surface area contributed by atoms with E-state index >= 15 is 0 Å². The summed E-state index contributed by atoms with van der Waals surface area (Å²) in [6, 6.07) is 8.37. The molecule has 0 aliphatic carbocycles. The highest BCUT2D eigenvalue weighted by atomic mass is 35.5. The molecular formula is C16H13Cl4NO4S. The summed E-state index contributed by atoms with van der Waals surface area (Å²) in [6.45, 7) is -0.103. The highest BCUT2D eigenvalue weighted by Gasteiger charge is 2.28. The van der Waals surface area contributed by atoms with Gasteiger partial charge in [0.05, 0.1) is 10.7 Å². The molecule has 2 aromatic carbocycles. The maximum atomic E-state index is 13.2. The van der Waals surface area contributed by atoms with Crippen LogP contribution in [-0.4, -0.2) is 26.0 Å². The molecule has 26 heavy (non-hydrogen) atoms. The number of hydrogen-bond donors (Lipinski definition) is 1. The Morgan fingerprint density at radius 1 is 0.962 bits per heavy atom. The largest absolute Gasteiger partial charge is 0.481 e. The zero-order valence-corrected chi connectivity index (χ0v) is 17.0. The monoisotopic (exact) mass is 455 g/mol. The van der Waals surface area contributed by atoms with Gasteiger partial charge in [0, 0.05) is 28.0 Å². The van der Waals surface area contributed by atoms with Crippen LogP contribution < -0.4 is 4.31 Å². The van der Waals surface area contributed by atoms with Crippen LogP contribution in [0.5, 0.6) is 0 Å². The van der Waals surface area contributed by atoms with Gasteiger partial charge in [-0.25, -0.2) is 8.42 Å². The molecule has 0 saturated carbocycles. The van der Waals surface area contributed by atoms with E-state index in [0.717, 1.165) is 4.31 Å². The Bertz CT molecular complexity index is 914. The van der Waals surface area contributed by atoms with Gasteiger partial charge in [0.1, 0.15) is 4.90 Å². The van der Waals surface area contributed by atoms with E-state index in [-0.39, 0.29) is 50.1 Å². The first-order chi connectivity index (χ1) is 12.1. The smallest absolute Gasteiger partial charge is 0.303 e. The van der Waals surface area contributed by atoms with Crippen LogP contribution in [0.2, 0.25) is 20.1 Å². The zero-order chi connectivity index (χ0) is 19.5. The molecule has 0 fully saturated rings. The topological polar surface area (TPSA) is 74.7 Å². The number of sulfonamides is 1. The van der Waals surface area contributed by atoms with Gasteiger partial charge in [-0.1, -0.05) is 46.4 Å². The van der Waals surface area contributed by atoms with Gasteiger partial charge in [-0.3, -0.25) is 9.10 Å². The molecule has 0 aromatic heterocycles. The summed E-state index contributed by atoms with van der Waals surface area (Å²) < 4.78 is 27.3.